The quantitative estimate of drug-likeness (QED) is 0.596. The molecule has 7 heteroatoms. The van der Waals surface area contributed by atoms with E-state index in [1.807, 2.05) is 24.3 Å². The van der Waals surface area contributed by atoms with Crippen molar-refractivity contribution in [2.24, 2.45) is 5.73 Å². The van der Waals surface area contributed by atoms with Crippen LogP contribution in [0.15, 0.2) is 48.5 Å². The van der Waals surface area contributed by atoms with Gasteiger partial charge in [-0.15, -0.1) is 12.4 Å². The molecule has 1 atom stereocenters. The van der Waals surface area contributed by atoms with Crippen LogP contribution in [0.3, 0.4) is 0 Å². The minimum Gasteiger partial charge on any atom is -0.483 e. The summed E-state index contributed by atoms with van der Waals surface area (Å²) in [5.74, 6) is 0.444. The van der Waals surface area contributed by atoms with Gasteiger partial charge < -0.3 is 21.1 Å². The van der Waals surface area contributed by atoms with E-state index in [4.69, 9.17) is 10.5 Å². The maximum atomic E-state index is 12.3. The molecule has 4 N–H and O–H groups in total. The van der Waals surface area contributed by atoms with Gasteiger partial charge in [0.25, 0.3) is 11.8 Å². The fourth-order valence-corrected chi connectivity index (χ4v) is 2.64. The van der Waals surface area contributed by atoms with E-state index >= 15 is 0 Å². The molecule has 152 valence electrons. The number of hydrogen-bond acceptors (Lipinski definition) is 4. The summed E-state index contributed by atoms with van der Waals surface area (Å²) in [5.41, 5.74) is 7.32. The second-order valence-electron chi connectivity index (χ2n) is 6.27. The van der Waals surface area contributed by atoms with Gasteiger partial charge in [0.15, 0.2) is 6.61 Å². The third kappa shape index (κ3) is 6.55. The Labute approximate surface area is 172 Å². The molecule has 1 unspecified atom stereocenters. The third-order valence-electron chi connectivity index (χ3n) is 4.30. The first-order chi connectivity index (χ1) is 13.1. The Bertz CT molecular complexity index is 783. The van der Waals surface area contributed by atoms with Crippen LogP contribution in [0.4, 0.5) is 5.69 Å². The average Bonchev–Trinajstić information content (AvgIpc) is 2.70. The van der Waals surface area contributed by atoms with Crippen LogP contribution >= 0.6 is 12.4 Å². The van der Waals surface area contributed by atoms with Crippen LogP contribution in [0.25, 0.3) is 0 Å². The first kappa shape index (κ1) is 23.5. The van der Waals surface area contributed by atoms with Crippen molar-refractivity contribution in [1.29, 1.82) is 0 Å². The molecule has 0 aliphatic carbocycles. The number of nitrogens with one attached hydrogen (secondary N) is 2. The highest BCUT2D eigenvalue weighted by Crippen LogP contribution is 2.28. The molecular weight excluding hydrogens is 378 g/mol. The highest BCUT2D eigenvalue weighted by Gasteiger charge is 2.14. The topological polar surface area (TPSA) is 93.4 Å². The maximum absolute atomic E-state index is 12.3. The van der Waals surface area contributed by atoms with Crippen molar-refractivity contribution in [2.75, 3.05) is 25.0 Å². The number of amides is 2. The van der Waals surface area contributed by atoms with E-state index in [0.717, 1.165) is 12.0 Å². The van der Waals surface area contributed by atoms with Crippen molar-refractivity contribution in [2.45, 2.75) is 26.2 Å². The fourth-order valence-electron chi connectivity index (χ4n) is 2.64. The van der Waals surface area contributed by atoms with E-state index in [1.165, 1.54) is 0 Å². The first-order valence-electron chi connectivity index (χ1n) is 9.15. The second-order valence-corrected chi connectivity index (χ2v) is 6.27. The molecule has 0 saturated carbocycles. The van der Waals surface area contributed by atoms with Gasteiger partial charge in [0, 0.05) is 13.1 Å². The average molecular weight is 406 g/mol. The van der Waals surface area contributed by atoms with Crippen molar-refractivity contribution < 1.29 is 14.3 Å². The molecule has 0 aliphatic rings. The SMILES string of the molecule is CCC(C)c1ccccc1OCC(=O)Nc1ccccc1C(=O)NCCN.Cl. The van der Waals surface area contributed by atoms with Crippen LogP contribution in [0.5, 0.6) is 5.75 Å². The van der Waals surface area contributed by atoms with E-state index in [-0.39, 0.29) is 30.8 Å². The predicted octanol–water partition coefficient (Wildman–Crippen LogP) is 3.33. The molecule has 0 bridgehead atoms. The number of carbonyl (C=O) groups excluding carboxylic acids is 2. The van der Waals surface area contributed by atoms with Gasteiger partial charge in [-0.1, -0.05) is 44.2 Å². The Hall–Kier alpha value is -2.57. The van der Waals surface area contributed by atoms with Gasteiger partial charge in [-0.3, -0.25) is 9.59 Å². The van der Waals surface area contributed by atoms with Crippen LogP contribution in [0.1, 0.15) is 42.1 Å². The standard InChI is InChI=1S/C21H27N3O3.ClH/c1-3-15(2)16-8-5-7-11-19(16)27-14-20(25)24-18-10-6-4-9-17(18)21(26)23-13-12-22;/h4-11,15H,3,12-14,22H2,1-2H3,(H,23,26)(H,24,25);1H. The van der Waals surface area contributed by atoms with Gasteiger partial charge in [0.2, 0.25) is 0 Å². The van der Waals surface area contributed by atoms with E-state index in [0.29, 0.717) is 36.0 Å². The minimum atomic E-state index is -0.326. The molecule has 0 aromatic heterocycles. The zero-order valence-electron chi connectivity index (χ0n) is 16.2. The van der Waals surface area contributed by atoms with E-state index in [2.05, 4.69) is 24.5 Å². The summed E-state index contributed by atoms with van der Waals surface area (Å²) < 4.78 is 5.73. The number of nitrogens with two attached hydrogens (primary N) is 1. The number of anilines is 1. The van der Waals surface area contributed by atoms with Gasteiger partial charge >= 0.3 is 0 Å². The zero-order valence-corrected chi connectivity index (χ0v) is 17.1. The highest BCUT2D eigenvalue weighted by molar-refractivity contribution is 6.04. The van der Waals surface area contributed by atoms with Gasteiger partial charge in [-0.2, -0.15) is 0 Å². The molecule has 0 spiro atoms. The van der Waals surface area contributed by atoms with Gasteiger partial charge in [-0.25, -0.2) is 0 Å². The normalized spacial score (nSPS) is 11.1. The summed E-state index contributed by atoms with van der Waals surface area (Å²) in [6.45, 7) is 4.83. The van der Waals surface area contributed by atoms with Crippen molar-refractivity contribution >= 4 is 29.9 Å². The Morgan fingerprint density at radius 3 is 2.50 bits per heavy atom. The summed E-state index contributed by atoms with van der Waals surface area (Å²) in [6, 6.07) is 14.6. The maximum Gasteiger partial charge on any atom is 0.262 e. The summed E-state index contributed by atoms with van der Waals surface area (Å²) in [5, 5.41) is 5.44. The predicted molar refractivity (Wildman–Crippen MR) is 114 cm³/mol. The Balaban J connectivity index is 0.00000392. The smallest absolute Gasteiger partial charge is 0.262 e. The monoisotopic (exact) mass is 405 g/mol. The summed E-state index contributed by atoms with van der Waals surface area (Å²) >= 11 is 0. The van der Waals surface area contributed by atoms with Gasteiger partial charge in [0.1, 0.15) is 5.75 Å². The molecule has 0 radical (unpaired) electrons. The lowest BCUT2D eigenvalue weighted by Crippen LogP contribution is -2.30. The number of ether oxygens (including phenoxy) is 1. The molecule has 0 saturated heterocycles. The Morgan fingerprint density at radius 2 is 1.79 bits per heavy atom. The van der Waals surface area contributed by atoms with Crippen molar-refractivity contribution in [3.8, 4) is 5.75 Å². The molecule has 2 amide bonds. The van der Waals surface area contributed by atoms with Crippen molar-refractivity contribution in [3.63, 3.8) is 0 Å². The first-order valence-corrected chi connectivity index (χ1v) is 9.15. The number of hydrogen-bond donors (Lipinski definition) is 3. The minimum absolute atomic E-state index is 0. The molecule has 28 heavy (non-hydrogen) atoms. The lowest BCUT2D eigenvalue weighted by atomic mass is 9.98. The molecule has 6 nitrogen and oxygen atoms in total. The Morgan fingerprint density at radius 1 is 1.11 bits per heavy atom. The molecule has 0 heterocycles. The lowest BCUT2D eigenvalue weighted by Gasteiger charge is -2.16. The number of para-hydroxylation sites is 2. The molecule has 0 aliphatic heterocycles. The van der Waals surface area contributed by atoms with E-state index in [9.17, 15) is 9.59 Å². The number of halogens is 1. The Kier molecular flexibility index (Phi) is 10.1. The van der Waals surface area contributed by atoms with Crippen LogP contribution in [0.2, 0.25) is 0 Å². The van der Waals surface area contributed by atoms with E-state index in [1.54, 1.807) is 24.3 Å². The van der Waals surface area contributed by atoms with E-state index < -0.39 is 0 Å². The van der Waals surface area contributed by atoms with Gasteiger partial charge in [-0.05, 0) is 36.1 Å². The third-order valence-corrected chi connectivity index (χ3v) is 4.30. The highest BCUT2D eigenvalue weighted by atomic mass is 35.5. The molecular formula is C21H28ClN3O3. The van der Waals surface area contributed by atoms with Crippen molar-refractivity contribution in [3.05, 3.63) is 59.7 Å². The van der Waals surface area contributed by atoms with Gasteiger partial charge in [0.05, 0.1) is 11.3 Å². The van der Waals surface area contributed by atoms with Crippen LogP contribution < -0.4 is 21.1 Å². The number of carbonyl (C=O) groups is 2. The number of rotatable bonds is 9. The largest absolute Gasteiger partial charge is 0.483 e. The summed E-state index contributed by atoms with van der Waals surface area (Å²) in [4.78, 5) is 24.5. The second kappa shape index (κ2) is 12.0. The molecule has 2 rings (SSSR count). The zero-order chi connectivity index (χ0) is 19.6. The molecule has 2 aromatic carbocycles. The van der Waals surface area contributed by atoms with Crippen molar-refractivity contribution in [1.82, 2.24) is 5.32 Å². The summed E-state index contributed by atoms with van der Waals surface area (Å²) in [7, 11) is 0. The van der Waals surface area contributed by atoms with Crippen LogP contribution in [0, 0.1) is 0 Å². The fraction of sp³-hybridized carbons (Fsp3) is 0.333. The number of benzene rings is 2. The molecule has 0 fully saturated rings. The van der Waals surface area contributed by atoms with Crippen LogP contribution in [-0.4, -0.2) is 31.5 Å². The lowest BCUT2D eigenvalue weighted by molar-refractivity contribution is -0.118. The molecule has 2 aromatic rings. The van der Waals surface area contributed by atoms with Crippen LogP contribution in [-0.2, 0) is 4.79 Å². The summed E-state index contributed by atoms with van der Waals surface area (Å²) in [6.07, 6.45) is 0.984.